The minimum Gasteiger partial charge on any atom is -0.493 e. The third-order valence-corrected chi connectivity index (χ3v) is 3.72. The van der Waals surface area contributed by atoms with E-state index in [4.69, 9.17) is 9.47 Å². The maximum Gasteiger partial charge on any atom is 0.320 e. The van der Waals surface area contributed by atoms with Gasteiger partial charge < -0.3 is 19.9 Å². The van der Waals surface area contributed by atoms with Crippen LogP contribution >= 0.6 is 15.9 Å². The Morgan fingerprint density at radius 3 is 2.59 bits per heavy atom. The molecule has 0 aliphatic rings. The van der Waals surface area contributed by atoms with E-state index in [-0.39, 0.29) is 0 Å². The van der Waals surface area contributed by atoms with E-state index >= 15 is 0 Å². The van der Waals surface area contributed by atoms with Crippen LogP contribution in [0.15, 0.2) is 16.6 Å². The molecule has 0 fully saturated rings. The predicted octanol–water partition coefficient (Wildman–Crippen LogP) is 3.45. The molecule has 0 radical (unpaired) electrons. The van der Waals surface area contributed by atoms with Crippen molar-refractivity contribution in [1.29, 1.82) is 0 Å². The van der Waals surface area contributed by atoms with Crippen molar-refractivity contribution < 1.29 is 19.4 Å². The first-order chi connectivity index (χ1) is 10.4. The van der Waals surface area contributed by atoms with Crippen LogP contribution in [0.3, 0.4) is 0 Å². The normalized spacial score (nSPS) is 12.3. The topological polar surface area (TPSA) is 67.8 Å². The lowest BCUT2D eigenvalue weighted by atomic mass is 10.0. The molecule has 0 aliphatic heterocycles. The van der Waals surface area contributed by atoms with Crippen molar-refractivity contribution in [3.05, 3.63) is 22.2 Å². The lowest BCUT2D eigenvalue weighted by Gasteiger charge is -2.18. The molecule has 0 saturated carbocycles. The summed E-state index contributed by atoms with van der Waals surface area (Å²) in [5.41, 5.74) is 0.933. The van der Waals surface area contributed by atoms with Crippen LogP contribution in [0.1, 0.15) is 32.8 Å². The first-order valence-corrected chi connectivity index (χ1v) is 8.13. The van der Waals surface area contributed by atoms with Crippen LogP contribution in [0.4, 0.5) is 0 Å². The summed E-state index contributed by atoms with van der Waals surface area (Å²) < 4.78 is 11.7. The zero-order valence-electron chi connectivity index (χ0n) is 13.5. The molecular formula is C16H24BrNO4. The number of halogens is 1. The van der Waals surface area contributed by atoms with Gasteiger partial charge in [-0.15, -0.1) is 0 Å². The summed E-state index contributed by atoms with van der Waals surface area (Å²) >= 11 is 3.47. The summed E-state index contributed by atoms with van der Waals surface area (Å²) in [5, 5.41) is 12.3. The summed E-state index contributed by atoms with van der Waals surface area (Å²) in [7, 11) is 1.58. The summed E-state index contributed by atoms with van der Waals surface area (Å²) in [6.07, 6.45) is 0.588. The minimum atomic E-state index is -0.828. The van der Waals surface area contributed by atoms with Crippen LogP contribution in [0, 0.1) is 5.92 Å². The van der Waals surface area contributed by atoms with E-state index in [9.17, 15) is 9.90 Å². The molecule has 5 nitrogen and oxygen atoms in total. The summed E-state index contributed by atoms with van der Waals surface area (Å²) in [5.74, 6) is 0.773. The van der Waals surface area contributed by atoms with Gasteiger partial charge in [-0.3, -0.25) is 4.79 Å². The maximum atomic E-state index is 11.3. The standard InChI is InChI=1S/C16H24BrNO4/c1-5-22-15-12(17)7-11(8-14(15)21-4)9-18-13(16(19)20)6-10(2)3/h7-8,10,13,18H,5-6,9H2,1-4H3,(H,19,20). The quantitative estimate of drug-likeness (QED) is 0.693. The lowest BCUT2D eigenvalue weighted by molar-refractivity contribution is -0.140. The fourth-order valence-electron chi connectivity index (χ4n) is 2.14. The van der Waals surface area contributed by atoms with E-state index in [1.165, 1.54) is 0 Å². The first-order valence-electron chi connectivity index (χ1n) is 7.34. The van der Waals surface area contributed by atoms with Crippen LogP contribution in [0.2, 0.25) is 0 Å². The van der Waals surface area contributed by atoms with Gasteiger partial charge in [0.15, 0.2) is 11.5 Å². The number of aliphatic carboxylic acids is 1. The fraction of sp³-hybridized carbons (Fsp3) is 0.562. The van der Waals surface area contributed by atoms with Gasteiger partial charge in [-0.1, -0.05) is 13.8 Å². The van der Waals surface area contributed by atoms with Crippen LogP contribution in [0.25, 0.3) is 0 Å². The number of methoxy groups -OCH3 is 1. The Balaban J connectivity index is 2.85. The Bertz CT molecular complexity index is 505. The zero-order valence-corrected chi connectivity index (χ0v) is 15.1. The maximum absolute atomic E-state index is 11.3. The van der Waals surface area contributed by atoms with Crippen molar-refractivity contribution in [2.45, 2.75) is 39.8 Å². The second-order valence-corrected chi connectivity index (χ2v) is 6.30. The molecule has 1 rings (SSSR count). The third kappa shape index (κ3) is 5.50. The van der Waals surface area contributed by atoms with Crippen LogP contribution in [0.5, 0.6) is 11.5 Å². The second kappa shape index (κ2) is 9.00. The van der Waals surface area contributed by atoms with E-state index < -0.39 is 12.0 Å². The fourth-order valence-corrected chi connectivity index (χ4v) is 2.75. The molecule has 1 aromatic rings. The van der Waals surface area contributed by atoms with Gasteiger partial charge in [-0.25, -0.2) is 0 Å². The van der Waals surface area contributed by atoms with Crippen molar-refractivity contribution >= 4 is 21.9 Å². The van der Waals surface area contributed by atoms with Crippen molar-refractivity contribution in [1.82, 2.24) is 5.32 Å². The Kier molecular flexibility index (Phi) is 7.68. The SMILES string of the molecule is CCOc1c(Br)cc(CNC(CC(C)C)C(=O)O)cc1OC. The average molecular weight is 374 g/mol. The van der Waals surface area contributed by atoms with Crippen molar-refractivity contribution in [3.63, 3.8) is 0 Å². The third-order valence-electron chi connectivity index (χ3n) is 3.14. The van der Waals surface area contributed by atoms with Crippen LogP contribution < -0.4 is 14.8 Å². The van der Waals surface area contributed by atoms with E-state index in [1.807, 2.05) is 32.9 Å². The summed E-state index contributed by atoms with van der Waals surface area (Å²) in [6, 6.07) is 3.21. The van der Waals surface area contributed by atoms with Gasteiger partial charge in [0, 0.05) is 6.54 Å². The summed E-state index contributed by atoms with van der Waals surface area (Å²) in [4.78, 5) is 11.3. The number of carbonyl (C=O) groups is 1. The number of ether oxygens (including phenoxy) is 2. The highest BCUT2D eigenvalue weighted by atomic mass is 79.9. The largest absolute Gasteiger partial charge is 0.493 e. The summed E-state index contributed by atoms with van der Waals surface area (Å²) in [6.45, 7) is 6.92. The highest BCUT2D eigenvalue weighted by molar-refractivity contribution is 9.10. The number of rotatable bonds is 9. The van der Waals surface area contributed by atoms with Gasteiger partial charge >= 0.3 is 5.97 Å². The molecule has 124 valence electrons. The molecule has 1 atom stereocenters. The Morgan fingerprint density at radius 1 is 1.41 bits per heavy atom. The molecule has 0 aliphatic carbocycles. The van der Waals surface area contributed by atoms with Gasteiger partial charge in [0.2, 0.25) is 0 Å². The molecule has 0 heterocycles. The molecular weight excluding hydrogens is 350 g/mol. The van der Waals surface area contributed by atoms with E-state index in [0.717, 1.165) is 10.0 Å². The number of hydrogen-bond acceptors (Lipinski definition) is 4. The molecule has 0 aromatic heterocycles. The van der Waals surface area contributed by atoms with Crippen molar-refractivity contribution in [2.75, 3.05) is 13.7 Å². The molecule has 6 heteroatoms. The molecule has 1 aromatic carbocycles. The average Bonchev–Trinajstić information content (AvgIpc) is 2.45. The number of carboxylic acid groups (broad SMARTS) is 1. The highest BCUT2D eigenvalue weighted by Gasteiger charge is 2.19. The highest BCUT2D eigenvalue weighted by Crippen LogP contribution is 2.36. The van der Waals surface area contributed by atoms with Crippen molar-refractivity contribution in [2.24, 2.45) is 5.92 Å². The first kappa shape index (κ1) is 18.8. The molecule has 0 amide bonds. The molecule has 0 spiro atoms. The van der Waals surface area contributed by atoms with E-state index in [1.54, 1.807) is 7.11 Å². The monoisotopic (exact) mass is 373 g/mol. The Morgan fingerprint density at radius 2 is 2.09 bits per heavy atom. The molecule has 22 heavy (non-hydrogen) atoms. The van der Waals surface area contributed by atoms with Gasteiger partial charge in [0.25, 0.3) is 0 Å². The van der Waals surface area contributed by atoms with Gasteiger partial charge in [0.05, 0.1) is 18.2 Å². The smallest absolute Gasteiger partial charge is 0.320 e. The zero-order chi connectivity index (χ0) is 16.7. The predicted molar refractivity (Wildman–Crippen MR) is 89.6 cm³/mol. The number of benzene rings is 1. The number of carboxylic acids is 1. The molecule has 0 bridgehead atoms. The number of nitrogens with one attached hydrogen (secondary N) is 1. The van der Waals surface area contributed by atoms with Gasteiger partial charge in [-0.2, -0.15) is 0 Å². The second-order valence-electron chi connectivity index (χ2n) is 5.44. The lowest BCUT2D eigenvalue weighted by Crippen LogP contribution is -2.37. The minimum absolute atomic E-state index is 0.315. The van der Waals surface area contributed by atoms with Gasteiger partial charge in [0.1, 0.15) is 6.04 Å². The Hall–Kier alpha value is -1.27. The number of hydrogen-bond donors (Lipinski definition) is 2. The van der Waals surface area contributed by atoms with Crippen LogP contribution in [-0.4, -0.2) is 30.8 Å². The molecule has 0 saturated heterocycles. The van der Waals surface area contributed by atoms with Gasteiger partial charge in [-0.05, 0) is 52.9 Å². The molecule has 1 unspecified atom stereocenters. The molecule has 2 N–H and O–H groups in total. The van der Waals surface area contributed by atoms with E-state index in [0.29, 0.717) is 37.0 Å². The van der Waals surface area contributed by atoms with E-state index in [2.05, 4.69) is 21.2 Å². The van der Waals surface area contributed by atoms with Crippen LogP contribution in [-0.2, 0) is 11.3 Å². The Labute approximate surface area is 140 Å². The van der Waals surface area contributed by atoms with Crippen molar-refractivity contribution in [3.8, 4) is 11.5 Å².